The number of hydrogen-bond acceptors (Lipinski definition) is 4. The van der Waals surface area contributed by atoms with Crippen LogP contribution < -0.4 is 0 Å². The van der Waals surface area contributed by atoms with Crippen molar-refractivity contribution in [2.45, 2.75) is 30.7 Å². The third-order valence-corrected chi connectivity index (χ3v) is 4.67. The quantitative estimate of drug-likeness (QED) is 0.895. The summed E-state index contributed by atoms with van der Waals surface area (Å²) in [5, 5.41) is 15.3. The number of rotatable bonds is 5. The highest BCUT2D eigenvalue weighted by Crippen LogP contribution is 2.37. The van der Waals surface area contributed by atoms with Crippen LogP contribution >= 0.6 is 23.4 Å². The Morgan fingerprint density at radius 2 is 2.59 bits per heavy atom. The molecule has 1 N–H and O–H groups in total. The number of hydrogen-bond donors (Lipinski definition) is 1. The molecule has 2 unspecified atom stereocenters. The molecule has 1 aromatic rings. The van der Waals surface area contributed by atoms with Gasteiger partial charge in [-0.25, -0.2) is 0 Å². The summed E-state index contributed by atoms with van der Waals surface area (Å²) in [6.45, 7) is 1.18. The molecule has 0 spiro atoms. The summed E-state index contributed by atoms with van der Waals surface area (Å²) in [4.78, 5) is 0. The number of aromatic nitrogens is 2. The van der Waals surface area contributed by atoms with Gasteiger partial charge in [-0.1, -0.05) is 11.6 Å². The molecule has 2 atom stereocenters. The molecule has 1 aliphatic rings. The fourth-order valence-electron chi connectivity index (χ4n) is 2.05. The molecule has 17 heavy (non-hydrogen) atoms. The molecule has 0 aromatic carbocycles. The molecule has 1 fully saturated rings. The van der Waals surface area contributed by atoms with E-state index in [2.05, 4.69) is 5.10 Å². The van der Waals surface area contributed by atoms with Crippen LogP contribution in [0.5, 0.6) is 0 Å². The molecular formula is C11H17ClN2O2S. The molecule has 1 saturated heterocycles. The van der Waals surface area contributed by atoms with Crippen LogP contribution in [0.1, 0.15) is 24.6 Å². The van der Waals surface area contributed by atoms with Gasteiger partial charge in [-0.15, -0.1) is 0 Å². The Morgan fingerprint density at radius 1 is 1.76 bits per heavy atom. The van der Waals surface area contributed by atoms with Crippen LogP contribution in [-0.4, -0.2) is 39.6 Å². The molecule has 1 aromatic heterocycles. The lowest BCUT2D eigenvalue weighted by atomic mass is 10.1. The maximum absolute atomic E-state index is 10.4. The van der Waals surface area contributed by atoms with Gasteiger partial charge in [0.25, 0.3) is 0 Å². The summed E-state index contributed by atoms with van der Waals surface area (Å²) >= 11 is 7.91. The Bertz CT molecular complexity index is 366. The van der Waals surface area contributed by atoms with E-state index in [0.717, 1.165) is 24.3 Å². The Morgan fingerprint density at radius 3 is 3.24 bits per heavy atom. The number of nitrogens with zero attached hydrogens (tertiary/aromatic N) is 2. The zero-order valence-corrected chi connectivity index (χ0v) is 11.4. The first-order chi connectivity index (χ1) is 8.24. The minimum Gasteiger partial charge on any atom is -0.386 e. The molecule has 1 aliphatic heterocycles. The van der Waals surface area contributed by atoms with E-state index >= 15 is 0 Å². The first-order valence-corrected chi connectivity index (χ1v) is 7.16. The Hall–Kier alpha value is -0.230. The summed E-state index contributed by atoms with van der Waals surface area (Å²) in [6, 6.07) is 0. The molecule has 96 valence electrons. The van der Waals surface area contributed by atoms with E-state index in [0.29, 0.717) is 18.2 Å². The molecule has 2 rings (SSSR count). The van der Waals surface area contributed by atoms with Gasteiger partial charge in [0, 0.05) is 12.4 Å². The van der Waals surface area contributed by atoms with Crippen LogP contribution in [0.25, 0.3) is 0 Å². The van der Waals surface area contributed by atoms with E-state index < -0.39 is 6.10 Å². The highest BCUT2D eigenvalue weighted by Gasteiger charge is 2.29. The fourth-order valence-corrected chi connectivity index (χ4v) is 3.58. The van der Waals surface area contributed by atoms with Crippen LogP contribution in [-0.2, 0) is 11.3 Å². The second kappa shape index (κ2) is 6.09. The van der Waals surface area contributed by atoms with Gasteiger partial charge in [0.1, 0.15) is 6.10 Å². The molecule has 0 radical (unpaired) electrons. The van der Waals surface area contributed by atoms with Crippen molar-refractivity contribution in [3.8, 4) is 0 Å². The second-order valence-corrected chi connectivity index (χ2v) is 5.84. The highest BCUT2D eigenvalue weighted by atomic mass is 35.5. The highest BCUT2D eigenvalue weighted by molar-refractivity contribution is 8.00. The predicted molar refractivity (Wildman–Crippen MR) is 69.6 cm³/mol. The number of ether oxygens (including phenoxy) is 1. The average molecular weight is 277 g/mol. The Kier molecular flexibility index (Phi) is 4.73. The Balaban J connectivity index is 2.14. The normalized spacial score (nSPS) is 21.9. The minimum absolute atomic E-state index is 0.241. The van der Waals surface area contributed by atoms with E-state index in [1.807, 2.05) is 11.8 Å². The topological polar surface area (TPSA) is 47.3 Å². The summed E-state index contributed by atoms with van der Waals surface area (Å²) < 4.78 is 6.77. The van der Waals surface area contributed by atoms with Crippen molar-refractivity contribution in [2.24, 2.45) is 0 Å². The maximum atomic E-state index is 10.4. The largest absolute Gasteiger partial charge is 0.386 e. The number of aliphatic hydroxyl groups is 1. The van der Waals surface area contributed by atoms with Gasteiger partial charge in [-0.2, -0.15) is 16.9 Å². The van der Waals surface area contributed by atoms with Gasteiger partial charge in [0.2, 0.25) is 0 Å². The van der Waals surface area contributed by atoms with Crippen molar-refractivity contribution in [2.75, 3.05) is 19.5 Å². The van der Waals surface area contributed by atoms with Crippen LogP contribution in [0.2, 0.25) is 5.02 Å². The van der Waals surface area contributed by atoms with Crippen molar-refractivity contribution in [1.29, 1.82) is 0 Å². The third kappa shape index (κ3) is 2.96. The maximum Gasteiger partial charge on any atom is 0.109 e. The summed E-state index contributed by atoms with van der Waals surface area (Å²) in [7, 11) is 1.65. The smallest absolute Gasteiger partial charge is 0.109 e. The van der Waals surface area contributed by atoms with Crippen LogP contribution in [0, 0.1) is 0 Å². The fraction of sp³-hybridized carbons (Fsp3) is 0.727. The zero-order valence-electron chi connectivity index (χ0n) is 9.80. The summed E-state index contributed by atoms with van der Waals surface area (Å²) in [6.07, 6.45) is 3.26. The van der Waals surface area contributed by atoms with Crippen molar-refractivity contribution < 1.29 is 9.84 Å². The van der Waals surface area contributed by atoms with Crippen LogP contribution in [0.4, 0.5) is 0 Å². The van der Waals surface area contributed by atoms with Gasteiger partial charge in [0.05, 0.1) is 30.1 Å². The number of methoxy groups -OCH3 is 1. The SMILES string of the molecule is COCCn1ncc(Cl)c1C(O)C1CCCS1. The molecule has 4 nitrogen and oxygen atoms in total. The summed E-state index contributed by atoms with van der Waals surface area (Å²) in [5.41, 5.74) is 0.725. The first kappa shape index (κ1) is 13.2. The lowest BCUT2D eigenvalue weighted by molar-refractivity contribution is 0.150. The van der Waals surface area contributed by atoms with Crippen LogP contribution in [0.15, 0.2) is 6.20 Å². The number of thioether (sulfide) groups is 1. The molecule has 0 amide bonds. The third-order valence-electron chi connectivity index (χ3n) is 2.94. The van der Waals surface area contributed by atoms with E-state index in [1.54, 1.807) is 18.0 Å². The van der Waals surface area contributed by atoms with Gasteiger partial charge >= 0.3 is 0 Å². The molecule has 2 heterocycles. The molecule has 6 heteroatoms. The van der Waals surface area contributed by atoms with E-state index in [1.165, 1.54) is 0 Å². The molecule has 0 aliphatic carbocycles. The standard InChI is InChI=1S/C11H17ClN2O2S/c1-16-5-4-14-10(8(12)7-13-14)11(15)9-3-2-6-17-9/h7,9,11,15H,2-6H2,1H3. The molecule has 0 bridgehead atoms. The molecule has 0 saturated carbocycles. The van der Waals surface area contributed by atoms with Crippen LogP contribution in [0.3, 0.4) is 0 Å². The summed E-state index contributed by atoms with van der Waals surface area (Å²) in [5.74, 6) is 1.12. The first-order valence-electron chi connectivity index (χ1n) is 5.74. The number of aliphatic hydroxyl groups excluding tert-OH is 1. The van der Waals surface area contributed by atoms with Crippen molar-refractivity contribution in [3.05, 3.63) is 16.9 Å². The lowest BCUT2D eigenvalue weighted by Gasteiger charge is -2.19. The molecular weight excluding hydrogens is 260 g/mol. The van der Waals surface area contributed by atoms with Crippen molar-refractivity contribution in [3.63, 3.8) is 0 Å². The van der Waals surface area contributed by atoms with Gasteiger partial charge < -0.3 is 9.84 Å². The average Bonchev–Trinajstić information content (AvgIpc) is 2.95. The minimum atomic E-state index is -0.533. The van der Waals surface area contributed by atoms with Crippen molar-refractivity contribution in [1.82, 2.24) is 9.78 Å². The van der Waals surface area contributed by atoms with Crippen molar-refractivity contribution >= 4 is 23.4 Å². The van der Waals surface area contributed by atoms with E-state index in [9.17, 15) is 5.11 Å². The number of halogens is 1. The van der Waals surface area contributed by atoms with Gasteiger partial charge in [-0.05, 0) is 18.6 Å². The zero-order chi connectivity index (χ0) is 12.3. The van der Waals surface area contributed by atoms with Gasteiger partial charge in [-0.3, -0.25) is 4.68 Å². The Labute approximate surface area is 110 Å². The van der Waals surface area contributed by atoms with E-state index in [4.69, 9.17) is 16.3 Å². The monoisotopic (exact) mass is 276 g/mol. The van der Waals surface area contributed by atoms with Gasteiger partial charge in [0.15, 0.2) is 0 Å². The van der Waals surface area contributed by atoms with E-state index in [-0.39, 0.29) is 5.25 Å². The second-order valence-electron chi connectivity index (χ2n) is 4.09. The lowest BCUT2D eigenvalue weighted by Crippen LogP contribution is -2.19. The predicted octanol–water partition coefficient (Wildman–Crippen LogP) is 2.11.